The molecule has 0 saturated heterocycles. The lowest BCUT2D eigenvalue weighted by molar-refractivity contribution is 0.660. The maximum Gasteiger partial charge on any atom is 0.0465 e. The second-order valence-corrected chi connectivity index (χ2v) is 18.6. The molecule has 0 amide bonds. The standard InChI is InChI=1S/C67H50N2/c1-67(2)65-45-61(68(57-32-24-51(25-33-57)47-14-6-3-7-15-47)58-34-26-52(27-35-58)48-16-8-4-9-17-48)40-42-63(65)64-43-41-62(46-66(64)67)69(59-36-28-53(29-37-59)49-18-10-5-11-19-49)60-38-30-54(31-39-60)56-23-22-50-20-12-13-21-55(50)44-56/h3-46H,1-2H3. The summed E-state index contributed by atoms with van der Waals surface area (Å²) in [5.74, 6) is 0. The molecule has 0 radical (unpaired) electrons. The van der Waals surface area contributed by atoms with Gasteiger partial charge in [-0.05, 0) is 156 Å². The maximum absolute atomic E-state index is 2.43. The quantitative estimate of drug-likeness (QED) is 0.135. The molecular weight excluding hydrogens is 833 g/mol. The lowest BCUT2D eigenvalue weighted by atomic mass is 9.82. The van der Waals surface area contributed by atoms with Crippen LogP contribution < -0.4 is 9.80 Å². The zero-order valence-corrected chi connectivity index (χ0v) is 38.8. The van der Waals surface area contributed by atoms with Crippen LogP contribution in [0.25, 0.3) is 66.4 Å². The van der Waals surface area contributed by atoms with Crippen LogP contribution in [0.3, 0.4) is 0 Å². The Balaban J connectivity index is 0.924. The van der Waals surface area contributed by atoms with Crippen molar-refractivity contribution in [3.8, 4) is 55.6 Å². The predicted molar refractivity (Wildman–Crippen MR) is 293 cm³/mol. The SMILES string of the molecule is CC1(C)c2cc(N(c3ccc(-c4ccccc4)cc3)c3ccc(-c4ccccc4)cc3)ccc2-c2ccc(N(c3ccc(-c4ccccc4)cc3)c3ccc(-c4ccc5ccccc5c4)cc3)cc21. The van der Waals surface area contributed by atoms with Gasteiger partial charge in [0.1, 0.15) is 0 Å². The third-order valence-electron chi connectivity index (χ3n) is 14.1. The monoisotopic (exact) mass is 882 g/mol. The molecule has 0 N–H and O–H groups in total. The normalized spacial score (nSPS) is 12.3. The first-order chi connectivity index (χ1) is 33.9. The zero-order valence-electron chi connectivity index (χ0n) is 38.8. The van der Waals surface area contributed by atoms with Crippen LogP contribution in [-0.4, -0.2) is 0 Å². The molecule has 12 rings (SSSR count). The third kappa shape index (κ3) is 7.86. The van der Waals surface area contributed by atoms with Gasteiger partial charge in [-0.2, -0.15) is 0 Å². The average molecular weight is 883 g/mol. The lowest BCUT2D eigenvalue weighted by Crippen LogP contribution is -2.17. The van der Waals surface area contributed by atoms with Crippen molar-refractivity contribution in [2.75, 3.05) is 9.80 Å². The predicted octanol–water partition coefficient (Wildman–Crippen LogP) is 18.8. The Bertz CT molecular complexity index is 3500. The molecule has 0 fully saturated rings. The third-order valence-corrected chi connectivity index (χ3v) is 14.1. The Labute approximate surface area is 405 Å². The van der Waals surface area contributed by atoms with E-state index in [1.807, 2.05) is 0 Å². The van der Waals surface area contributed by atoms with Crippen LogP contribution >= 0.6 is 0 Å². The van der Waals surface area contributed by atoms with Crippen LogP contribution in [0.2, 0.25) is 0 Å². The van der Waals surface area contributed by atoms with Gasteiger partial charge >= 0.3 is 0 Å². The number of hydrogen-bond donors (Lipinski definition) is 0. The Morgan fingerprint density at radius 2 is 0.522 bits per heavy atom. The molecule has 0 atom stereocenters. The van der Waals surface area contributed by atoms with Crippen LogP contribution in [0.5, 0.6) is 0 Å². The van der Waals surface area contributed by atoms with E-state index < -0.39 is 0 Å². The fourth-order valence-corrected chi connectivity index (χ4v) is 10.4. The summed E-state index contributed by atoms with van der Waals surface area (Å²) in [7, 11) is 0. The number of benzene rings is 11. The van der Waals surface area contributed by atoms with Crippen molar-refractivity contribution in [1.82, 2.24) is 0 Å². The average Bonchev–Trinajstić information content (AvgIpc) is 3.64. The minimum Gasteiger partial charge on any atom is -0.310 e. The van der Waals surface area contributed by atoms with Gasteiger partial charge in [-0.15, -0.1) is 0 Å². The highest BCUT2D eigenvalue weighted by atomic mass is 15.1. The fourth-order valence-electron chi connectivity index (χ4n) is 10.4. The highest BCUT2D eigenvalue weighted by Crippen LogP contribution is 2.53. The van der Waals surface area contributed by atoms with Crippen molar-refractivity contribution < 1.29 is 0 Å². The molecule has 0 unspecified atom stereocenters. The van der Waals surface area contributed by atoms with Crippen molar-refractivity contribution in [2.24, 2.45) is 0 Å². The molecule has 0 aromatic heterocycles. The molecular formula is C67H50N2. The summed E-state index contributed by atoms with van der Waals surface area (Å²) in [4.78, 5) is 4.81. The maximum atomic E-state index is 2.43. The molecule has 0 bridgehead atoms. The van der Waals surface area contributed by atoms with Crippen molar-refractivity contribution in [2.45, 2.75) is 19.3 Å². The molecule has 0 saturated carbocycles. The zero-order chi connectivity index (χ0) is 46.3. The van der Waals surface area contributed by atoms with Crippen molar-refractivity contribution in [3.63, 3.8) is 0 Å². The number of hydrogen-bond acceptors (Lipinski definition) is 2. The summed E-state index contributed by atoms with van der Waals surface area (Å²) in [6.45, 7) is 4.77. The van der Waals surface area contributed by atoms with Gasteiger partial charge in [0.25, 0.3) is 0 Å². The van der Waals surface area contributed by atoms with Gasteiger partial charge in [0.15, 0.2) is 0 Å². The van der Waals surface area contributed by atoms with E-state index in [0.717, 1.165) is 34.1 Å². The molecule has 2 heteroatoms. The van der Waals surface area contributed by atoms with Crippen LogP contribution in [-0.2, 0) is 5.41 Å². The van der Waals surface area contributed by atoms with Gasteiger partial charge in [0.05, 0.1) is 0 Å². The minimum absolute atomic E-state index is 0.278. The Morgan fingerprint density at radius 1 is 0.232 bits per heavy atom. The molecule has 11 aromatic rings. The molecule has 11 aromatic carbocycles. The Morgan fingerprint density at radius 3 is 0.899 bits per heavy atom. The van der Waals surface area contributed by atoms with E-state index in [2.05, 4.69) is 291 Å². The highest BCUT2D eigenvalue weighted by Gasteiger charge is 2.37. The smallest absolute Gasteiger partial charge is 0.0465 e. The lowest BCUT2D eigenvalue weighted by Gasteiger charge is -2.29. The summed E-state index contributed by atoms with van der Waals surface area (Å²) in [6, 6.07) is 97.3. The van der Waals surface area contributed by atoms with E-state index in [4.69, 9.17) is 0 Å². The van der Waals surface area contributed by atoms with Gasteiger partial charge in [-0.3, -0.25) is 0 Å². The van der Waals surface area contributed by atoms with Gasteiger partial charge in [-0.1, -0.05) is 202 Å². The van der Waals surface area contributed by atoms with E-state index in [9.17, 15) is 0 Å². The largest absolute Gasteiger partial charge is 0.310 e. The van der Waals surface area contributed by atoms with E-state index >= 15 is 0 Å². The Kier molecular flexibility index (Phi) is 10.6. The van der Waals surface area contributed by atoms with Gasteiger partial charge < -0.3 is 9.80 Å². The first kappa shape index (κ1) is 41.7. The highest BCUT2D eigenvalue weighted by molar-refractivity contribution is 5.91. The number of fused-ring (bicyclic) bond motifs is 4. The first-order valence-corrected chi connectivity index (χ1v) is 23.9. The fraction of sp³-hybridized carbons (Fsp3) is 0.0448. The van der Waals surface area contributed by atoms with E-state index in [-0.39, 0.29) is 5.41 Å². The number of rotatable bonds is 10. The number of anilines is 6. The van der Waals surface area contributed by atoms with E-state index in [0.29, 0.717) is 0 Å². The van der Waals surface area contributed by atoms with Gasteiger partial charge in [0, 0.05) is 39.5 Å². The topological polar surface area (TPSA) is 6.48 Å². The molecule has 0 aliphatic heterocycles. The Hall–Kier alpha value is -8.72. The van der Waals surface area contributed by atoms with E-state index in [1.165, 1.54) is 77.5 Å². The summed E-state index contributed by atoms with van der Waals surface area (Å²) >= 11 is 0. The van der Waals surface area contributed by atoms with Gasteiger partial charge in [-0.25, -0.2) is 0 Å². The van der Waals surface area contributed by atoms with Crippen molar-refractivity contribution in [3.05, 3.63) is 278 Å². The second-order valence-electron chi connectivity index (χ2n) is 18.6. The van der Waals surface area contributed by atoms with Crippen molar-refractivity contribution in [1.29, 1.82) is 0 Å². The molecule has 0 heterocycles. The summed E-state index contributed by atoms with van der Waals surface area (Å²) in [5, 5.41) is 2.50. The van der Waals surface area contributed by atoms with Crippen LogP contribution in [0, 0.1) is 0 Å². The minimum atomic E-state index is -0.278. The van der Waals surface area contributed by atoms with E-state index in [1.54, 1.807) is 0 Å². The molecule has 1 aliphatic carbocycles. The molecule has 69 heavy (non-hydrogen) atoms. The molecule has 1 aliphatic rings. The van der Waals surface area contributed by atoms with Crippen LogP contribution in [0.15, 0.2) is 267 Å². The van der Waals surface area contributed by atoms with Crippen LogP contribution in [0.1, 0.15) is 25.0 Å². The summed E-state index contributed by atoms with van der Waals surface area (Å²) in [5.41, 5.74) is 21.2. The first-order valence-electron chi connectivity index (χ1n) is 23.9. The van der Waals surface area contributed by atoms with Crippen molar-refractivity contribution >= 4 is 44.9 Å². The molecule has 328 valence electrons. The van der Waals surface area contributed by atoms with Gasteiger partial charge in [0.2, 0.25) is 0 Å². The number of nitrogens with zero attached hydrogens (tertiary/aromatic N) is 2. The molecule has 0 spiro atoms. The summed E-state index contributed by atoms with van der Waals surface area (Å²) < 4.78 is 0. The summed E-state index contributed by atoms with van der Waals surface area (Å²) in [6.07, 6.45) is 0. The second kappa shape index (κ2) is 17.5. The molecule has 2 nitrogen and oxygen atoms in total. The van der Waals surface area contributed by atoms with Crippen LogP contribution in [0.4, 0.5) is 34.1 Å².